The summed E-state index contributed by atoms with van der Waals surface area (Å²) in [5.41, 5.74) is 2.96. The summed E-state index contributed by atoms with van der Waals surface area (Å²) < 4.78 is 14.3. The molecule has 3 aromatic rings. The van der Waals surface area contributed by atoms with Crippen LogP contribution in [0.4, 0.5) is 14.9 Å². The molecular weight excluding hydrogens is 503 g/mol. The van der Waals surface area contributed by atoms with Crippen molar-refractivity contribution < 1.29 is 14.0 Å². The van der Waals surface area contributed by atoms with Crippen molar-refractivity contribution in [2.75, 3.05) is 38.1 Å². The summed E-state index contributed by atoms with van der Waals surface area (Å²) in [6, 6.07) is 23.5. The summed E-state index contributed by atoms with van der Waals surface area (Å²) in [5, 5.41) is 3.33. The quantitative estimate of drug-likeness (QED) is 0.423. The number of fused-ring (bicyclic) bond motifs is 1. The van der Waals surface area contributed by atoms with Gasteiger partial charge in [0, 0.05) is 51.0 Å². The number of rotatable bonds is 7. The van der Waals surface area contributed by atoms with Crippen molar-refractivity contribution in [1.82, 2.24) is 15.1 Å². The minimum atomic E-state index is -0.605. The van der Waals surface area contributed by atoms with Crippen molar-refractivity contribution in [3.63, 3.8) is 0 Å². The number of anilines is 1. The van der Waals surface area contributed by atoms with Crippen LogP contribution >= 0.6 is 11.6 Å². The molecule has 2 aliphatic heterocycles. The van der Waals surface area contributed by atoms with Crippen LogP contribution in [0, 0.1) is 11.7 Å². The lowest BCUT2D eigenvalue weighted by atomic mass is 10.0. The van der Waals surface area contributed by atoms with Gasteiger partial charge in [-0.1, -0.05) is 66.2 Å². The van der Waals surface area contributed by atoms with Crippen LogP contribution in [0.25, 0.3) is 0 Å². The number of nitrogens with one attached hydrogen (secondary N) is 1. The average Bonchev–Trinajstić information content (AvgIpc) is 3.50. The first-order chi connectivity index (χ1) is 18.4. The van der Waals surface area contributed by atoms with Crippen LogP contribution in [0.2, 0.25) is 5.02 Å². The van der Waals surface area contributed by atoms with Gasteiger partial charge in [-0.2, -0.15) is 0 Å². The number of likely N-dealkylation sites (tertiary alicyclic amines) is 1. The second-order valence-electron chi connectivity index (χ2n) is 9.79. The SMILES string of the molecule is CN(C(=O)N[C@@H](CCN1CC2=CN(C(=O)c3c(F)cccc3Cl)CC2C1)c1ccccc1)c1ccccc1. The Bertz CT molecular complexity index is 1310. The Labute approximate surface area is 227 Å². The molecule has 6 nitrogen and oxygen atoms in total. The molecule has 0 aliphatic carbocycles. The van der Waals surface area contributed by atoms with Crippen molar-refractivity contribution in [2.24, 2.45) is 5.92 Å². The van der Waals surface area contributed by atoms with Gasteiger partial charge in [0.1, 0.15) is 5.82 Å². The lowest BCUT2D eigenvalue weighted by molar-refractivity contribution is 0.0816. The third kappa shape index (κ3) is 5.59. The number of hydrogen-bond acceptors (Lipinski definition) is 3. The summed E-state index contributed by atoms with van der Waals surface area (Å²) >= 11 is 6.11. The summed E-state index contributed by atoms with van der Waals surface area (Å²) in [6.45, 7) is 2.84. The maximum Gasteiger partial charge on any atom is 0.322 e. The van der Waals surface area contributed by atoms with Crippen LogP contribution in [0.3, 0.4) is 0 Å². The maximum atomic E-state index is 14.3. The van der Waals surface area contributed by atoms with E-state index in [-0.39, 0.29) is 28.6 Å². The molecule has 1 saturated heterocycles. The lowest BCUT2D eigenvalue weighted by Gasteiger charge is -2.26. The topological polar surface area (TPSA) is 55.9 Å². The first-order valence-corrected chi connectivity index (χ1v) is 13.1. The minimum Gasteiger partial charge on any atom is -0.331 e. The first kappa shape index (κ1) is 25.9. The van der Waals surface area contributed by atoms with Crippen molar-refractivity contribution in [3.05, 3.63) is 113 Å². The Morgan fingerprint density at radius 2 is 1.74 bits per heavy atom. The van der Waals surface area contributed by atoms with E-state index in [2.05, 4.69) is 10.2 Å². The lowest BCUT2D eigenvalue weighted by Crippen LogP contribution is -2.40. The summed E-state index contributed by atoms with van der Waals surface area (Å²) in [4.78, 5) is 31.5. The Hall–Kier alpha value is -3.68. The van der Waals surface area contributed by atoms with E-state index < -0.39 is 11.7 Å². The van der Waals surface area contributed by atoms with Gasteiger partial charge in [-0.05, 0) is 41.8 Å². The molecule has 1 fully saturated rings. The van der Waals surface area contributed by atoms with E-state index in [4.69, 9.17) is 11.6 Å². The number of benzene rings is 3. The molecule has 196 valence electrons. The van der Waals surface area contributed by atoms with Crippen molar-refractivity contribution in [2.45, 2.75) is 12.5 Å². The van der Waals surface area contributed by atoms with Gasteiger partial charge in [-0.15, -0.1) is 0 Å². The Kier molecular flexibility index (Phi) is 7.77. The molecule has 3 aromatic carbocycles. The third-order valence-electron chi connectivity index (χ3n) is 7.27. The summed E-state index contributed by atoms with van der Waals surface area (Å²) in [5.74, 6) is -0.805. The Morgan fingerprint density at radius 1 is 1.03 bits per heavy atom. The Balaban J connectivity index is 1.22. The van der Waals surface area contributed by atoms with Crippen LogP contribution < -0.4 is 10.2 Å². The van der Waals surface area contributed by atoms with Gasteiger partial charge in [0.15, 0.2) is 0 Å². The zero-order chi connectivity index (χ0) is 26.6. The zero-order valence-electron chi connectivity index (χ0n) is 21.2. The number of hydrogen-bond donors (Lipinski definition) is 1. The molecule has 0 bridgehead atoms. The molecule has 5 rings (SSSR count). The molecule has 3 amide bonds. The van der Waals surface area contributed by atoms with Crippen LogP contribution in [0.1, 0.15) is 28.4 Å². The smallest absolute Gasteiger partial charge is 0.322 e. The Morgan fingerprint density at radius 3 is 2.42 bits per heavy atom. The molecule has 1 unspecified atom stereocenters. The molecule has 38 heavy (non-hydrogen) atoms. The van der Waals surface area contributed by atoms with Crippen molar-refractivity contribution >= 4 is 29.2 Å². The monoisotopic (exact) mass is 532 g/mol. The van der Waals surface area contributed by atoms with E-state index in [1.165, 1.54) is 18.2 Å². The first-order valence-electron chi connectivity index (χ1n) is 12.7. The normalized spacial score (nSPS) is 17.6. The number of carbonyl (C=O) groups excluding carboxylic acids is 2. The second kappa shape index (κ2) is 11.4. The largest absolute Gasteiger partial charge is 0.331 e. The number of carbonyl (C=O) groups is 2. The van der Waals surface area contributed by atoms with Gasteiger partial charge in [-0.25, -0.2) is 9.18 Å². The minimum absolute atomic E-state index is 0.0789. The van der Waals surface area contributed by atoms with E-state index in [0.29, 0.717) is 6.54 Å². The van der Waals surface area contributed by atoms with Gasteiger partial charge in [-0.3, -0.25) is 14.6 Å². The molecule has 8 heteroatoms. The van der Waals surface area contributed by atoms with Crippen LogP contribution in [-0.2, 0) is 0 Å². The molecular formula is C30H30ClFN4O2. The number of halogens is 2. The predicted molar refractivity (Wildman–Crippen MR) is 148 cm³/mol. The molecule has 0 spiro atoms. The van der Waals surface area contributed by atoms with Gasteiger partial charge in [0.25, 0.3) is 5.91 Å². The van der Waals surface area contributed by atoms with Gasteiger partial charge in [0.05, 0.1) is 16.6 Å². The van der Waals surface area contributed by atoms with E-state index in [1.54, 1.807) is 16.8 Å². The fourth-order valence-electron chi connectivity index (χ4n) is 5.18. The highest BCUT2D eigenvalue weighted by Gasteiger charge is 2.36. The van der Waals surface area contributed by atoms with E-state index in [9.17, 15) is 14.0 Å². The number of nitrogens with zero attached hydrogens (tertiary/aromatic N) is 3. The third-order valence-corrected chi connectivity index (χ3v) is 7.58. The highest BCUT2D eigenvalue weighted by molar-refractivity contribution is 6.33. The zero-order valence-corrected chi connectivity index (χ0v) is 21.9. The molecule has 2 atom stereocenters. The molecule has 0 aromatic heterocycles. The standard InChI is InChI=1S/C30H30ClFN4O2/c1-34(24-11-6-3-7-12-24)30(38)33-27(21-9-4-2-5-10-21)15-16-35-17-22-19-36(20-23(22)18-35)29(37)28-25(31)13-8-14-26(28)32/h2-14,19,23,27H,15-18,20H2,1H3,(H,33,38)/t23?,27-/m0/s1. The second-order valence-corrected chi connectivity index (χ2v) is 10.2. The molecule has 2 aliphatic rings. The molecule has 0 radical (unpaired) electrons. The fraction of sp³-hybridized carbons (Fsp3) is 0.267. The van der Waals surface area contributed by atoms with Crippen LogP contribution in [0.5, 0.6) is 0 Å². The fourth-order valence-corrected chi connectivity index (χ4v) is 5.43. The molecule has 2 heterocycles. The molecule has 0 saturated carbocycles. The van der Waals surface area contributed by atoms with Crippen molar-refractivity contribution in [3.8, 4) is 0 Å². The molecule has 1 N–H and O–H groups in total. The summed E-state index contributed by atoms with van der Waals surface area (Å²) in [6.07, 6.45) is 2.59. The van der Waals surface area contributed by atoms with Gasteiger partial charge >= 0.3 is 6.03 Å². The van der Waals surface area contributed by atoms with E-state index in [1.807, 2.05) is 66.9 Å². The van der Waals surface area contributed by atoms with E-state index in [0.717, 1.165) is 42.9 Å². The predicted octanol–water partition coefficient (Wildman–Crippen LogP) is 5.73. The van der Waals surface area contributed by atoms with Gasteiger partial charge in [0.2, 0.25) is 0 Å². The van der Waals surface area contributed by atoms with E-state index >= 15 is 0 Å². The highest BCUT2D eigenvalue weighted by atomic mass is 35.5. The average molecular weight is 533 g/mol. The summed E-state index contributed by atoms with van der Waals surface area (Å²) in [7, 11) is 1.77. The van der Waals surface area contributed by atoms with Crippen molar-refractivity contribution in [1.29, 1.82) is 0 Å². The van der Waals surface area contributed by atoms with Crippen LogP contribution in [0.15, 0.2) is 90.6 Å². The number of para-hydroxylation sites is 1. The number of urea groups is 1. The maximum absolute atomic E-state index is 14.3. The highest BCUT2D eigenvalue weighted by Crippen LogP contribution is 2.32. The number of amides is 3. The van der Waals surface area contributed by atoms with Gasteiger partial charge < -0.3 is 10.2 Å². The van der Waals surface area contributed by atoms with Crippen LogP contribution in [-0.4, -0.2) is 55.0 Å².